The van der Waals surface area contributed by atoms with Crippen molar-refractivity contribution in [2.75, 3.05) is 7.11 Å². The van der Waals surface area contributed by atoms with Crippen molar-refractivity contribution in [1.29, 1.82) is 0 Å². The monoisotopic (exact) mass is 340 g/mol. The molecule has 0 fully saturated rings. The molecule has 7 heteroatoms. The quantitative estimate of drug-likeness (QED) is 0.761. The Morgan fingerprint density at radius 3 is 3.20 bits per heavy atom. The highest BCUT2D eigenvalue weighted by atomic mass is 16.5. The maximum absolute atomic E-state index is 12.5. The topological polar surface area (TPSA) is 93.0 Å². The van der Waals surface area contributed by atoms with Crippen LogP contribution in [0.3, 0.4) is 0 Å². The molecular weight excluding hydrogens is 320 g/mol. The van der Waals surface area contributed by atoms with Crippen LogP contribution in [0.1, 0.15) is 41.0 Å². The molecule has 4 rings (SSSR count). The number of fused-ring (bicyclic) bond motifs is 2. The number of hydrogen-bond donors (Lipinski definition) is 2. The number of benzene rings is 1. The molecule has 0 aliphatic heterocycles. The first kappa shape index (κ1) is 15.7. The van der Waals surface area contributed by atoms with Gasteiger partial charge in [-0.2, -0.15) is 5.10 Å². The third-order valence-electron chi connectivity index (χ3n) is 4.65. The van der Waals surface area contributed by atoms with Gasteiger partial charge in [0, 0.05) is 17.3 Å². The number of rotatable bonds is 4. The zero-order valence-corrected chi connectivity index (χ0v) is 14.3. The first-order chi connectivity index (χ1) is 12.1. The van der Waals surface area contributed by atoms with Crippen molar-refractivity contribution >= 4 is 17.0 Å². The summed E-state index contributed by atoms with van der Waals surface area (Å²) >= 11 is 0. The maximum atomic E-state index is 12.5. The van der Waals surface area contributed by atoms with Gasteiger partial charge in [-0.1, -0.05) is 6.92 Å². The van der Waals surface area contributed by atoms with Crippen LogP contribution in [0.4, 0.5) is 0 Å². The lowest BCUT2D eigenvalue weighted by Crippen LogP contribution is -2.25. The molecule has 25 heavy (non-hydrogen) atoms. The van der Waals surface area contributed by atoms with Crippen molar-refractivity contribution in [2.24, 2.45) is 5.92 Å². The Kier molecular flexibility index (Phi) is 3.91. The van der Waals surface area contributed by atoms with Crippen molar-refractivity contribution in [3.8, 4) is 5.75 Å². The number of hydrogen-bond acceptors (Lipinski definition) is 5. The van der Waals surface area contributed by atoms with Gasteiger partial charge in [-0.3, -0.25) is 9.89 Å². The van der Waals surface area contributed by atoms with E-state index in [1.165, 1.54) is 0 Å². The maximum Gasteiger partial charge on any atom is 0.272 e. The second-order valence-corrected chi connectivity index (χ2v) is 6.50. The van der Waals surface area contributed by atoms with Gasteiger partial charge in [-0.15, -0.1) is 0 Å². The van der Waals surface area contributed by atoms with Crippen LogP contribution in [0, 0.1) is 5.92 Å². The Morgan fingerprint density at radius 1 is 1.48 bits per heavy atom. The summed E-state index contributed by atoms with van der Waals surface area (Å²) < 4.78 is 10.8. The molecule has 0 saturated carbocycles. The van der Waals surface area contributed by atoms with Crippen molar-refractivity contribution in [3.63, 3.8) is 0 Å². The highest BCUT2D eigenvalue weighted by molar-refractivity contribution is 5.94. The van der Waals surface area contributed by atoms with Gasteiger partial charge in [-0.25, -0.2) is 4.98 Å². The summed E-state index contributed by atoms with van der Waals surface area (Å²) in [7, 11) is 1.60. The number of carbonyl (C=O) groups is 1. The molecule has 0 bridgehead atoms. The van der Waals surface area contributed by atoms with Gasteiger partial charge in [0.2, 0.25) is 5.89 Å². The largest absolute Gasteiger partial charge is 0.497 e. The summed E-state index contributed by atoms with van der Waals surface area (Å²) in [6.45, 7) is 2.41. The molecule has 0 spiro atoms. The average Bonchev–Trinajstić information content (AvgIpc) is 3.22. The summed E-state index contributed by atoms with van der Waals surface area (Å²) in [5.41, 5.74) is 3.97. The van der Waals surface area contributed by atoms with Crippen LogP contribution < -0.4 is 10.1 Å². The van der Waals surface area contributed by atoms with Crippen LogP contribution in [0.5, 0.6) is 5.75 Å². The first-order valence-electron chi connectivity index (χ1n) is 8.42. The van der Waals surface area contributed by atoms with Crippen molar-refractivity contribution in [2.45, 2.75) is 32.7 Å². The number of aromatic nitrogens is 3. The number of aryl methyl sites for hydroxylation is 1. The molecule has 1 aliphatic rings. The van der Waals surface area contributed by atoms with E-state index in [1.807, 2.05) is 6.07 Å². The fraction of sp³-hybridized carbons (Fsp3) is 0.389. The fourth-order valence-corrected chi connectivity index (χ4v) is 3.25. The molecule has 1 aliphatic carbocycles. The predicted octanol–water partition coefficient (Wildman–Crippen LogP) is 2.61. The Morgan fingerprint density at radius 2 is 2.36 bits per heavy atom. The minimum absolute atomic E-state index is 0.202. The molecule has 2 N–H and O–H groups in total. The number of nitrogens with zero attached hydrogens (tertiary/aromatic N) is 2. The lowest BCUT2D eigenvalue weighted by atomic mass is 9.88. The highest BCUT2D eigenvalue weighted by Crippen LogP contribution is 2.26. The molecular formula is C18H20N4O3. The Hall–Kier alpha value is -2.83. The molecule has 1 atom stereocenters. The predicted molar refractivity (Wildman–Crippen MR) is 91.5 cm³/mol. The molecule has 1 unspecified atom stereocenters. The van der Waals surface area contributed by atoms with Gasteiger partial charge in [-0.05, 0) is 37.3 Å². The van der Waals surface area contributed by atoms with E-state index in [-0.39, 0.29) is 12.5 Å². The summed E-state index contributed by atoms with van der Waals surface area (Å²) in [6, 6.07) is 5.42. The fourth-order valence-electron chi connectivity index (χ4n) is 3.25. The number of H-pyrrole nitrogens is 1. The third kappa shape index (κ3) is 2.97. The van der Waals surface area contributed by atoms with Crippen molar-refractivity contribution in [3.05, 3.63) is 41.0 Å². The van der Waals surface area contributed by atoms with Gasteiger partial charge in [0.15, 0.2) is 11.3 Å². The number of nitrogens with one attached hydrogen (secondary N) is 2. The molecule has 3 aromatic rings. The van der Waals surface area contributed by atoms with Crippen LogP contribution in [-0.4, -0.2) is 28.2 Å². The van der Waals surface area contributed by atoms with Gasteiger partial charge in [0.25, 0.3) is 5.91 Å². The molecule has 0 saturated heterocycles. The Balaban J connectivity index is 1.48. The lowest BCUT2D eigenvalue weighted by molar-refractivity contribution is 0.0941. The molecule has 2 heterocycles. The number of ether oxygens (including phenoxy) is 1. The summed E-state index contributed by atoms with van der Waals surface area (Å²) in [4.78, 5) is 16.9. The second-order valence-electron chi connectivity index (χ2n) is 6.50. The minimum atomic E-state index is -0.202. The molecule has 2 aromatic heterocycles. The lowest BCUT2D eigenvalue weighted by Gasteiger charge is -2.17. The molecule has 1 aromatic carbocycles. The molecule has 1 amide bonds. The van der Waals surface area contributed by atoms with Gasteiger partial charge < -0.3 is 14.5 Å². The number of oxazole rings is 1. The van der Waals surface area contributed by atoms with Crippen LogP contribution >= 0.6 is 0 Å². The SMILES string of the molecule is COc1ccc2oc(CNC(=O)c3n[nH]c4c3CC(C)CC4)nc2c1. The van der Waals surface area contributed by atoms with Gasteiger partial charge >= 0.3 is 0 Å². The van der Waals surface area contributed by atoms with E-state index in [4.69, 9.17) is 9.15 Å². The molecule has 130 valence electrons. The van der Waals surface area contributed by atoms with E-state index in [1.54, 1.807) is 19.2 Å². The highest BCUT2D eigenvalue weighted by Gasteiger charge is 2.24. The zero-order chi connectivity index (χ0) is 17.4. The zero-order valence-electron chi connectivity index (χ0n) is 14.3. The van der Waals surface area contributed by atoms with Gasteiger partial charge in [0.05, 0.1) is 13.7 Å². The van der Waals surface area contributed by atoms with E-state index in [2.05, 4.69) is 27.4 Å². The van der Waals surface area contributed by atoms with E-state index in [0.29, 0.717) is 34.4 Å². The summed E-state index contributed by atoms with van der Waals surface area (Å²) in [6.07, 6.45) is 2.96. The standard InChI is InChI=1S/C18H20N4O3/c1-10-3-5-13-12(7-10)17(22-21-13)18(23)19-9-16-20-14-8-11(24-2)4-6-15(14)25-16/h4,6,8,10H,3,5,7,9H2,1-2H3,(H,19,23)(H,21,22). The minimum Gasteiger partial charge on any atom is -0.497 e. The van der Waals surface area contributed by atoms with Crippen LogP contribution in [-0.2, 0) is 19.4 Å². The van der Waals surface area contributed by atoms with E-state index < -0.39 is 0 Å². The van der Waals surface area contributed by atoms with E-state index >= 15 is 0 Å². The number of amides is 1. The first-order valence-corrected chi connectivity index (χ1v) is 8.42. The molecule has 7 nitrogen and oxygen atoms in total. The third-order valence-corrected chi connectivity index (χ3v) is 4.65. The van der Waals surface area contributed by atoms with Crippen molar-refractivity contribution in [1.82, 2.24) is 20.5 Å². The molecule has 0 radical (unpaired) electrons. The second kappa shape index (κ2) is 6.23. The smallest absolute Gasteiger partial charge is 0.272 e. The van der Waals surface area contributed by atoms with E-state index in [0.717, 1.165) is 30.5 Å². The summed E-state index contributed by atoms with van der Waals surface area (Å²) in [5.74, 6) is 1.54. The number of aromatic amines is 1. The number of methoxy groups -OCH3 is 1. The average molecular weight is 340 g/mol. The van der Waals surface area contributed by atoms with Gasteiger partial charge in [0.1, 0.15) is 11.3 Å². The summed E-state index contributed by atoms with van der Waals surface area (Å²) in [5, 5.41) is 10.0. The Labute approximate surface area is 144 Å². The van der Waals surface area contributed by atoms with Crippen LogP contribution in [0.25, 0.3) is 11.1 Å². The van der Waals surface area contributed by atoms with E-state index in [9.17, 15) is 4.79 Å². The van der Waals surface area contributed by atoms with Crippen molar-refractivity contribution < 1.29 is 13.9 Å². The van der Waals surface area contributed by atoms with Crippen LogP contribution in [0.2, 0.25) is 0 Å². The number of carbonyl (C=O) groups excluding carboxylic acids is 1. The van der Waals surface area contributed by atoms with Crippen LogP contribution in [0.15, 0.2) is 22.6 Å². The Bertz CT molecular complexity index is 928. The normalized spacial score (nSPS) is 16.6.